The molecule has 2 aliphatic heterocycles. The number of likely N-dealkylation sites (tertiary alicyclic amines) is 1. The predicted octanol–water partition coefficient (Wildman–Crippen LogP) is 1.00. The molecule has 2 saturated heterocycles. The zero-order chi connectivity index (χ0) is 19.5. The number of fused-ring (bicyclic) bond motifs is 1. The van der Waals surface area contributed by atoms with E-state index in [0.717, 1.165) is 23.9 Å². The minimum absolute atomic E-state index is 0.0854. The van der Waals surface area contributed by atoms with Crippen molar-refractivity contribution in [2.75, 3.05) is 39.9 Å². The number of likely N-dealkylation sites (N-methyl/N-ethyl adjacent to an activating group) is 1. The van der Waals surface area contributed by atoms with Crippen LogP contribution in [0.3, 0.4) is 0 Å². The monoisotopic (exact) mass is 385 g/mol. The van der Waals surface area contributed by atoms with Gasteiger partial charge in [-0.2, -0.15) is 0 Å². The first-order valence-electron chi connectivity index (χ1n) is 9.90. The van der Waals surface area contributed by atoms with Crippen molar-refractivity contribution in [1.82, 2.24) is 25.1 Å². The molecule has 8 nitrogen and oxygen atoms in total. The van der Waals surface area contributed by atoms with Crippen LogP contribution < -0.4 is 5.32 Å². The van der Waals surface area contributed by atoms with Crippen molar-refractivity contribution in [3.8, 4) is 0 Å². The molecule has 0 saturated carbocycles. The van der Waals surface area contributed by atoms with Crippen LogP contribution >= 0.6 is 0 Å². The highest BCUT2D eigenvalue weighted by molar-refractivity contribution is 5.97. The molecule has 1 aromatic carbocycles. The topological polar surface area (TPSA) is 90.6 Å². The number of hydrogen-bond acceptors (Lipinski definition) is 5. The SMILES string of the molecule is CN1[C@@H](CC(=O)N2CCOCC2)CC[C@H]1CNC(=O)c1ccc2nc[nH]c2c1. The fourth-order valence-corrected chi connectivity index (χ4v) is 4.12. The number of rotatable bonds is 5. The maximum absolute atomic E-state index is 12.5. The summed E-state index contributed by atoms with van der Waals surface area (Å²) in [4.78, 5) is 36.4. The summed E-state index contributed by atoms with van der Waals surface area (Å²) in [6.45, 7) is 3.22. The van der Waals surface area contributed by atoms with Crippen LogP contribution in [0.15, 0.2) is 24.5 Å². The van der Waals surface area contributed by atoms with Crippen molar-refractivity contribution in [3.05, 3.63) is 30.1 Å². The highest BCUT2D eigenvalue weighted by Gasteiger charge is 2.33. The number of amides is 2. The van der Waals surface area contributed by atoms with Gasteiger partial charge in [0, 0.05) is 43.7 Å². The zero-order valence-electron chi connectivity index (χ0n) is 16.2. The molecule has 0 bridgehead atoms. The van der Waals surface area contributed by atoms with Gasteiger partial charge in [-0.3, -0.25) is 14.5 Å². The summed E-state index contributed by atoms with van der Waals surface area (Å²) >= 11 is 0. The van der Waals surface area contributed by atoms with Gasteiger partial charge in [0.1, 0.15) is 0 Å². The van der Waals surface area contributed by atoms with Crippen LogP contribution in [0, 0.1) is 0 Å². The Kier molecular flexibility index (Phi) is 5.59. The lowest BCUT2D eigenvalue weighted by Crippen LogP contribution is -2.45. The van der Waals surface area contributed by atoms with Gasteiger partial charge in [-0.1, -0.05) is 0 Å². The van der Waals surface area contributed by atoms with Crippen LogP contribution in [0.5, 0.6) is 0 Å². The standard InChI is InChI=1S/C20H27N5O3/c1-24-15(11-19(26)25-6-8-28-9-7-25)3-4-16(24)12-21-20(27)14-2-5-17-18(10-14)23-13-22-17/h2,5,10,13,15-16H,3-4,6-9,11-12H2,1H3,(H,21,27)(H,22,23)/t15-,16+/m1/s1. The minimum Gasteiger partial charge on any atom is -0.378 e. The number of carbonyl (C=O) groups excluding carboxylic acids is 2. The minimum atomic E-state index is -0.0854. The third-order valence-electron chi connectivity index (χ3n) is 5.94. The van der Waals surface area contributed by atoms with Crippen molar-refractivity contribution in [1.29, 1.82) is 0 Å². The number of aromatic nitrogens is 2. The van der Waals surface area contributed by atoms with Crippen LogP contribution in [-0.4, -0.2) is 83.6 Å². The Morgan fingerprint density at radius 1 is 1.25 bits per heavy atom. The molecule has 8 heteroatoms. The predicted molar refractivity (Wildman–Crippen MR) is 105 cm³/mol. The van der Waals surface area contributed by atoms with E-state index in [0.29, 0.717) is 44.8 Å². The normalized spacial score (nSPS) is 23.2. The van der Waals surface area contributed by atoms with E-state index in [1.54, 1.807) is 12.4 Å². The van der Waals surface area contributed by atoms with E-state index in [4.69, 9.17) is 4.74 Å². The Morgan fingerprint density at radius 3 is 2.86 bits per heavy atom. The summed E-state index contributed by atoms with van der Waals surface area (Å²) in [6.07, 6.45) is 4.13. The molecule has 28 heavy (non-hydrogen) atoms. The van der Waals surface area contributed by atoms with E-state index in [2.05, 4.69) is 27.2 Å². The van der Waals surface area contributed by atoms with Crippen LogP contribution in [0.25, 0.3) is 11.0 Å². The summed E-state index contributed by atoms with van der Waals surface area (Å²) in [5.41, 5.74) is 2.32. The lowest BCUT2D eigenvalue weighted by atomic mass is 10.1. The summed E-state index contributed by atoms with van der Waals surface area (Å²) < 4.78 is 5.32. The van der Waals surface area contributed by atoms with Crippen LogP contribution in [0.2, 0.25) is 0 Å². The largest absolute Gasteiger partial charge is 0.378 e. The van der Waals surface area contributed by atoms with E-state index >= 15 is 0 Å². The van der Waals surface area contributed by atoms with Gasteiger partial charge >= 0.3 is 0 Å². The fraction of sp³-hybridized carbons (Fsp3) is 0.550. The average Bonchev–Trinajstić information content (AvgIpc) is 3.33. The van der Waals surface area contributed by atoms with Crippen molar-refractivity contribution in [3.63, 3.8) is 0 Å². The maximum atomic E-state index is 12.5. The average molecular weight is 385 g/mol. The number of nitrogens with zero attached hydrogens (tertiary/aromatic N) is 3. The molecule has 2 amide bonds. The Morgan fingerprint density at radius 2 is 2.04 bits per heavy atom. The first-order chi connectivity index (χ1) is 13.6. The maximum Gasteiger partial charge on any atom is 0.251 e. The molecular formula is C20H27N5O3. The summed E-state index contributed by atoms with van der Waals surface area (Å²) in [7, 11) is 2.05. The number of hydrogen-bond donors (Lipinski definition) is 2. The number of H-pyrrole nitrogens is 1. The molecule has 2 aromatic rings. The molecule has 4 rings (SSSR count). The lowest BCUT2D eigenvalue weighted by molar-refractivity contribution is -0.136. The summed E-state index contributed by atoms with van der Waals surface area (Å²) in [5.74, 6) is 0.121. The molecule has 2 fully saturated rings. The number of benzene rings is 1. The molecule has 0 unspecified atom stereocenters. The van der Waals surface area contributed by atoms with Gasteiger partial charge < -0.3 is 19.9 Å². The molecule has 0 aliphatic carbocycles. The molecule has 0 spiro atoms. The number of carbonyl (C=O) groups is 2. The molecule has 2 aliphatic rings. The van der Waals surface area contributed by atoms with Crippen molar-refractivity contribution < 1.29 is 14.3 Å². The summed E-state index contributed by atoms with van der Waals surface area (Å²) in [6, 6.07) is 5.94. The molecule has 0 radical (unpaired) electrons. The van der Waals surface area contributed by atoms with Gasteiger partial charge in [0.2, 0.25) is 5.91 Å². The van der Waals surface area contributed by atoms with Crippen molar-refractivity contribution in [2.24, 2.45) is 0 Å². The van der Waals surface area contributed by atoms with Crippen molar-refractivity contribution in [2.45, 2.75) is 31.3 Å². The number of nitrogens with one attached hydrogen (secondary N) is 2. The smallest absolute Gasteiger partial charge is 0.251 e. The van der Waals surface area contributed by atoms with E-state index in [9.17, 15) is 9.59 Å². The Bertz CT molecular complexity index is 845. The Labute approximate surface area is 164 Å². The third-order valence-corrected chi connectivity index (χ3v) is 5.94. The molecular weight excluding hydrogens is 358 g/mol. The first kappa shape index (κ1) is 18.9. The highest BCUT2D eigenvalue weighted by atomic mass is 16.5. The number of ether oxygens (including phenoxy) is 1. The van der Waals surface area contributed by atoms with Gasteiger partial charge in [-0.15, -0.1) is 0 Å². The van der Waals surface area contributed by atoms with Crippen molar-refractivity contribution >= 4 is 22.8 Å². The lowest BCUT2D eigenvalue weighted by Gasteiger charge is -2.30. The van der Waals surface area contributed by atoms with Gasteiger partial charge in [-0.05, 0) is 38.1 Å². The second kappa shape index (κ2) is 8.28. The Balaban J connectivity index is 1.28. The van der Waals surface area contributed by atoms with E-state index in [1.165, 1.54) is 0 Å². The Hall–Kier alpha value is -2.45. The quantitative estimate of drug-likeness (QED) is 0.802. The third kappa shape index (κ3) is 4.02. The molecule has 2 N–H and O–H groups in total. The van der Waals surface area contributed by atoms with Crippen LogP contribution in [0.4, 0.5) is 0 Å². The number of imidazole rings is 1. The molecule has 1 aromatic heterocycles. The zero-order valence-corrected chi connectivity index (χ0v) is 16.2. The molecule has 2 atom stereocenters. The second-order valence-electron chi connectivity index (χ2n) is 7.59. The van der Waals surface area contributed by atoms with E-state index in [1.807, 2.05) is 17.0 Å². The van der Waals surface area contributed by atoms with Gasteiger partial charge in [0.25, 0.3) is 5.91 Å². The van der Waals surface area contributed by atoms with Gasteiger partial charge in [0.15, 0.2) is 0 Å². The van der Waals surface area contributed by atoms with Gasteiger partial charge in [-0.25, -0.2) is 4.98 Å². The van der Waals surface area contributed by atoms with E-state index < -0.39 is 0 Å². The summed E-state index contributed by atoms with van der Waals surface area (Å²) in [5, 5.41) is 3.04. The van der Waals surface area contributed by atoms with Crippen LogP contribution in [-0.2, 0) is 9.53 Å². The second-order valence-corrected chi connectivity index (χ2v) is 7.59. The molecule has 3 heterocycles. The highest BCUT2D eigenvalue weighted by Crippen LogP contribution is 2.25. The number of aromatic amines is 1. The fourth-order valence-electron chi connectivity index (χ4n) is 4.12. The number of morpholine rings is 1. The van der Waals surface area contributed by atoms with E-state index in [-0.39, 0.29) is 23.9 Å². The van der Waals surface area contributed by atoms with Gasteiger partial charge in [0.05, 0.1) is 30.6 Å². The van der Waals surface area contributed by atoms with Crippen LogP contribution in [0.1, 0.15) is 29.6 Å². The molecule has 150 valence electrons. The first-order valence-corrected chi connectivity index (χ1v) is 9.90.